The van der Waals surface area contributed by atoms with Gasteiger partial charge < -0.3 is 5.11 Å². The fourth-order valence-electron chi connectivity index (χ4n) is 1.95. The molecule has 0 bridgehead atoms. The largest absolute Gasteiger partial charge is 0.475 e. The predicted octanol–water partition coefficient (Wildman–Crippen LogP) is 3.43. The molecule has 110 valence electrons. The minimum absolute atomic E-state index is 0.305. The highest BCUT2D eigenvalue weighted by Gasteiger charge is 2.17. The van der Waals surface area contributed by atoms with E-state index < -0.39 is 5.97 Å². The molecule has 0 unspecified atom stereocenters. The number of carboxylic acid groups (broad SMARTS) is 1. The second kappa shape index (κ2) is 5.57. The third-order valence-electron chi connectivity index (χ3n) is 2.97. The van der Waals surface area contributed by atoms with Crippen LogP contribution in [0.15, 0.2) is 48.5 Å². The van der Waals surface area contributed by atoms with E-state index in [-0.39, 0.29) is 11.6 Å². The van der Waals surface area contributed by atoms with Gasteiger partial charge in [0, 0.05) is 10.6 Å². The van der Waals surface area contributed by atoms with Gasteiger partial charge in [0.15, 0.2) is 5.82 Å². The predicted molar refractivity (Wildman–Crippen MR) is 78.7 cm³/mol. The van der Waals surface area contributed by atoms with Crippen molar-refractivity contribution in [2.75, 3.05) is 0 Å². The summed E-state index contributed by atoms with van der Waals surface area (Å²) in [5.74, 6) is -1.66. The molecule has 3 aromatic rings. The van der Waals surface area contributed by atoms with Crippen molar-refractivity contribution >= 4 is 17.6 Å². The zero-order chi connectivity index (χ0) is 15.7. The Kier molecular flexibility index (Phi) is 3.60. The van der Waals surface area contributed by atoms with Crippen molar-refractivity contribution in [3.05, 3.63) is 65.2 Å². The highest BCUT2D eigenvalue weighted by atomic mass is 35.5. The monoisotopic (exact) mass is 317 g/mol. The van der Waals surface area contributed by atoms with E-state index in [1.807, 2.05) is 0 Å². The van der Waals surface area contributed by atoms with Crippen molar-refractivity contribution in [2.24, 2.45) is 0 Å². The normalized spacial score (nSPS) is 10.6. The average molecular weight is 318 g/mol. The molecule has 0 aliphatic heterocycles. The first-order valence-corrected chi connectivity index (χ1v) is 6.64. The molecule has 0 spiro atoms. The summed E-state index contributed by atoms with van der Waals surface area (Å²) in [4.78, 5) is 15.1. The highest BCUT2D eigenvalue weighted by molar-refractivity contribution is 6.30. The van der Waals surface area contributed by atoms with Crippen molar-refractivity contribution in [3.8, 4) is 17.1 Å². The zero-order valence-electron chi connectivity index (χ0n) is 11.1. The molecule has 0 radical (unpaired) electrons. The Balaban J connectivity index is 2.17. The molecular formula is C15H9ClFN3O2. The quantitative estimate of drug-likeness (QED) is 0.803. The third-order valence-corrected chi connectivity index (χ3v) is 3.22. The minimum atomic E-state index is -1.24. The Morgan fingerprint density at radius 3 is 2.32 bits per heavy atom. The SMILES string of the molecule is O=C(O)c1nc(-c2ccc(F)cc2)n(-c2ccc(Cl)cc2)n1. The molecule has 0 aliphatic rings. The van der Waals surface area contributed by atoms with Gasteiger partial charge in [-0.15, -0.1) is 5.10 Å². The lowest BCUT2D eigenvalue weighted by atomic mass is 10.2. The van der Waals surface area contributed by atoms with E-state index in [4.69, 9.17) is 16.7 Å². The second-order valence-electron chi connectivity index (χ2n) is 4.46. The number of nitrogens with zero attached hydrogens (tertiary/aromatic N) is 3. The first-order valence-electron chi connectivity index (χ1n) is 6.27. The van der Waals surface area contributed by atoms with E-state index in [0.29, 0.717) is 22.1 Å². The Labute approximate surface area is 129 Å². The summed E-state index contributed by atoms with van der Waals surface area (Å²) in [6, 6.07) is 12.3. The number of hydrogen-bond acceptors (Lipinski definition) is 3. The third kappa shape index (κ3) is 2.68. The van der Waals surface area contributed by atoms with Crippen molar-refractivity contribution in [1.29, 1.82) is 0 Å². The van der Waals surface area contributed by atoms with Gasteiger partial charge in [-0.1, -0.05) is 11.6 Å². The molecule has 1 heterocycles. The number of carbonyl (C=O) groups is 1. The summed E-state index contributed by atoms with van der Waals surface area (Å²) < 4.78 is 14.4. The van der Waals surface area contributed by atoms with Crippen LogP contribution in [-0.2, 0) is 0 Å². The lowest BCUT2D eigenvalue weighted by Crippen LogP contribution is -2.02. The van der Waals surface area contributed by atoms with E-state index in [2.05, 4.69) is 10.1 Å². The minimum Gasteiger partial charge on any atom is -0.475 e. The molecule has 0 saturated heterocycles. The highest BCUT2D eigenvalue weighted by Crippen LogP contribution is 2.22. The number of hydrogen-bond donors (Lipinski definition) is 1. The van der Waals surface area contributed by atoms with Crippen molar-refractivity contribution in [2.45, 2.75) is 0 Å². The smallest absolute Gasteiger partial charge is 0.375 e. The molecule has 2 aromatic carbocycles. The van der Waals surface area contributed by atoms with Gasteiger partial charge in [-0.25, -0.2) is 18.9 Å². The van der Waals surface area contributed by atoms with Gasteiger partial charge >= 0.3 is 5.97 Å². The van der Waals surface area contributed by atoms with Gasteiger partial charge in [-0.05, 0) is 48.5 Å². The Morgan fingerprint density at radius 2 is 1.73 bits per heavy atom. The van der Waals surface area contributed by atoms with E-state index in [0.717, 1.165) is 0 Å². The first kappa shape index (κ1) is 14.2. The summed E-state index contributed by atoms with van der Waals surface area (Å²) in [6.45, 7) is 0. The zero-order valence-corrected chi connectivity index (χ0v) is 11.8. The van der Waals surface area contributed by atoms with Crippen LogP contribution in [0, 0.1) is 5.82 Å². The summed E-state index contributed by atoms with van der Waals surface area (Å²) in [7, 11) is 0. The summed E-state index contributed by atoms with van der Waals surface area (Å²) >= 11 is 5.85. The lowest BCUT2D eigenvalue weighted by molar-refractivity contribution is 0.0683. The van der Waals surface area contributed by atoms with Gasteiger partial charge in [0.1, 0.15) is 5.82 Å². The molecule has 1 aromatic heterocycles. The van der Waals surface area contributed by atoms with Crippen LogP contribution in [0.4, 0.5) is 4.39 Å². The molecule has 0 aliphatic carbocycles. The lowest BCUT2D eigenvalue weighted by Gasteiger charge is -2.06. The Morgan fingerprint density at radius 1 is 1.09 bits per heavy atom. The van der Waals surface area contributed by atoms with Gasteiger partial charge in [0.05, 0.1) is 5.69 Å². The van der Waals surface area contributed by atoms with Gasteiger partial charge in [-0.3, -0.25) is 0 Å². The van der Waals surface area contributed by atoms with E-state index in [1.54, 1.807) is 24.3 Å². The van der Waals surface area contributed by atoms with Crippen LogP contribution in [-0.4, -0.2) is 25.8 Å². The van der Waals surface area contributed by atoms with Gasteiger partial charge in [0.2, 0.25) is 0 Å². The van der Waals surface area contributed by atoms with Crippen molar-refractivity contribution < 1.29 is 14.3 Å². The molecule has 0 saturated carbocycles. The first-order chi connectivity index (χ1) is 10.5. The van der Waals surface area contributed by atoms with Crippen LogP contribution in [0.2, 0.25) is 5.02 Å². The van der Waals surface area contributed by atoms with Crippen LogP contribution in [0.5, 0.6) is 0 Å². The number of carboxylic acids is 1. The molecule has 0 atom stereocenters. The fourth-order valence-corrected chi connectivity index (χ4v) is 2.08. The van der Waals surface area contributed by atoms with Crippen molar-refractivity contribution in [3.63, 3.8) is 0 Å². The van der Waals surface area contributed by atoms with E-state index in [9.17, 15) is 9.18 Å². The molecular weight excluding hydrogens is 309 g/mol. The Bertz CT molecular complexity index is 766. The molecule has 1 N–H and O–H groups in total. The maximum absolute atomic E-state index is 13.1. The van der Waals surface area contributed by atoms with Crippen LogP contribution in [0.1, 0.15) is 10.6 Å². The Hall–Kier alpha value is -2.73. The number of rotatable bonds is 3. The van der Waals surface area contributed by atoms with Crippen molar-refractivity contribution in [1.82, 2.24) is 14.8 Å². The number of benzene rings is 2. The van der Waals surface area contributed by atoms with Crippen LogP contribution in [0.3, 0.4) is 0 Å². The number of aromatic nitrogens is 3. The maximum Gasteiger partial charge on any atom is 0.375 e. The number of halogens is 2. The summed E-state index contributed by atoms with van der Waals surface area (Å²) in [5, 5.41) is 13.6. The fraction of sp³-hybridized carbons (Fsp3) is 0. The van der Waals surface area contributed by atoms with Crippen LogP contribution < -0.4 is 0 Å². The van der Waals surface area contributed by atoms with Gasteiger partial charge in [0.25, 0.3) is 5.82 Å². The number of aromatic carboxylic acids is 1. The molecule has 7 heteroatoms. The van der Waals surface area contributed by atoms with E-state index in [1.165, 1.54) is 28.9 Å². The molecule has 22 heavy (non-hydrogen) atoms. The molecule has 0 fully saturated rings. The summed E-state index contributed by atoms with van der Waals surface area (Å²) in [5.41, 5.74) is 1.15. The molecule has 5 nitrogen and oxygen atoms in total. The van der Waals surface area contributed by atoms with Crippen LogP contribution in [0.25, 0.3) is 17.1 Å². The van der Waals surface area contributed by atoms with Crippen LogP contribution >= 0.6 is 11.6 Å². The standard InChI is InChI=1S/C15H9ClFN3O2/c16-10-3-7-12(8-4-10)20-14(18-13(19-20)15(21)22)9-1-5-11(17)6-2-9/h1-8H,(H,21,22). The molecule has 3 rings (SSSR count). The second-order valence-corrected chi connectivity index (χ2v) is 4.90. The topological polar surface area (TPSA) is 68.0 Å². The summed E-state index contributed by atoms with van der Waals surface area (Å²) in [6.07, 6.45) is 0. The van der Waals surface area contributed by atoms with Gasteiger partial charge in [-0.2, -0.15) is 0 Å². The maximum atomic E-state index is 13.1. The average Bonchev–Trinajstić information content (AvgIpc) is 2.94. The van der Waals surface area contributed by atoms with E-state index >= 15 is 0 Å². The molecule has 0 amide bonds.